The normalized spacial score (nSPS) is 12.6. The molecule has 0 saturated carbocycles. The third-order valence-corrected chi connectivity index (χ3v) is 2.49. The van der Waals surface area contributed by atoms with Crippen LogP contribution in [0.2, 0.25) is 0 Å². The quantitative estimate of drug-likeness (QED) is 0.885. The number of carbonyl (C=O) groups excluding carboxylic acids is 1. The van der Waals surface area contributed by atoms with E-state index in [1.54, 1.807) is 13.0 Å². The summed E-state index contributed by atoms with van der Waals surface area (Å²) in [7, 11) is 0. The Hall–Kier alpha value is -2.07. The van der Waals surface area contributed by atoms with Gasteiger partial charge in [-0.2, -0.15) is 18.4 Å². The minimum atomic E-state index is -4.66. The number of nitriles is 1. The van der Waals surface area contributed by atoms with Gasteiger partial charge in [-0.3, -0.25) is 4.79 Å². The first-order valence-electron chi connectivity index (χ1n) is 5.47. The van der Waals surface area contributed by atoms with Gasteiger partial charge in [0.2, 0.25) is 5.91 Å². The highest BCUT2D eigenvalue weighted by molar-refractivity contribution is 5.95. The Bertz CT molecular complexity index is 520. The van der Waals surface area contributed by atoms with Crippen LogP contribution < -0.4 is 11.1 Å². The third-order valence-electron chi connectivity index (χ3n) is 2.49. The van der Waals surface area contributed by atoms with Crippen LogP contribution in [0.4, 0.5) is 18.9 Å². The van der Waals surface area contributed by atoms with Gasteiger partial charge in [-0.25, -0.2) is 0 Å². The van der Waals surface area contributed by atoms with Crippen molar-refractivity contribution in [3.8, 4) is 6.07 Å². The molecule has 0 unspecified atom stereocenters. The highest BCUT2D eigenvalue weighted by Gasteiger charge is 2.34. The molecule has 3 N–H and O–H groups in total. The molecule has 102 valence electrons. The molecule has 0 heterocycles. The Morgan fingerprint density at radius 2 is 2.16 bits per heavy atom. The number of halogens is 3. The van der Waals surface area contributed by atoms with Gasteiger partial charge in [-0.1, -0.05) is 6.92 Å². The molecule has 0 fully saturated rings. The van der Waals surface area contributed by atoms with Crippen molar-refractivity contribution in [3.63, 3.8) is 0 Å². The SMILES string of the molecule is CC[C@@H](N)C(=O)Nc1ccc(C#N)cc1C(F)(F)F. The van der Waals surface area contributed by atoms with Gasteiger partial charge in [0.25, 0.3) is 0 Å². The first-order chi connectivity index (χ1) is 8.79. The molecule has 0 bridgehead atoms. The molecule has 0 saturated heterocycles. The van der Waals surface area contributed by atoms with Crippen LogP contribution >= 0.6 is 0 Å². The Labute approximate surface area is 108 Å². The lowest BCUT2D eigenvalue weighted by Crippen LogP contribution is -2.35. The summed E-state index contributed by atoms with van der Waals surface area (Å²) in [5.41, 5.74) is 3.83. The summed E-state index contributed by atoms with van der Waals surface area (Å²) in [5.74, 6) is -0.697. The Morgan fingerprint density at radius 1 is 1.53 bits per heavy atom. The monoisotopic (exact) mass is 271 g/mol. The van der Waals surface area contributed by atoms with Crippen LogP contribution in [-0.4, -0.2) is 11.9 Å². The summed E-state index contributed by atoms with van der Waals surface area (Å²) < 4.78 is 38.4. The maximum Gasteiger partial charge on any atom is 0.418 e. The fraction of sp³-hybridized carbons (Fsp3) is 0.333. The maximum atomic E-state index is 12.8. The molecule has 1 aromatic rings. The number of nitrogens with zero attached hydrogens (tertiary/aromatic N) is 1. The third kappa shape index (κ3) is 3.69. The van der Waals surface area contributed by atoms with E-state index in [0.29, 0.717) is 12.5 Å². The number of hydrogen-bond acceptors (Lipinski definition) is 3. The van der Waals surface area contributed by atoms with Gasteiger partial charge in [-0.05, 0) is 24.6 Å². The highest BCUT2D eigenvalue weighted by atomic mass is 19.4. The van der Waals surface area contributed by atoms with E-state index >= 15 is 0 Å². The van der Waals surface area contributed by atoms with E-state index < -0.39 is 29.4 Å². The molecule has 1 rings (SSSR count). The van der Waals surface area contributed by atoms with E-state index in [1.165, 1.54) is 6.07 Å². The predicted octanol–water partition coefficient (Wildman–Crippen LogP) is 2.25. The van der Waals surface area contributed by atoms with Gasteiger partial charge in [-0.15, -0.1) is 0 Å². The molecule has 0 aliphatic heterocycles. The van der Waals surface area contributed by atoms with Crippen molar-refractivity contribution in [2.24, 2.45) is 5.73 Å². The molecule has 0 radical (unpaired) electrons. The topological polar surface area (TPSA) is 78.9 Å². The number of rotatable bonds is 3. The average Bonchev–Trinajstić information content (AvgIpc) is 2.36. The number of nitrogens with one attached hydrogen (secondary N) is 1. The Morgan fingerprint density at radius 3 is 2.63 bits per heavy atom. The van der Waals surface area contributed by atoms with E-state index in [2.05, 4.69) is 5.32 Å². The lowest BCUT2D eigenvalue weighted by atomic mass is 10.1. The Kier molecular flexibility index (Phi) is 4.51. The van der Waals surface area contributed by atoms with E-state index in [0.717, 1.165) is 6.07 Å². The molecule has 4 nitrogen and oxygen atoms in total. The number of alkyl halides is 3. The number of carbonyl (C=O) groups is 1. The number of nitrogens with two attached hydrogens (primary N) is 1. The van der Waals surface area contributed by atoms with Crippen molar-refractivity contribution in [2.45, 2.75) is 25.6 Å². The van der Waals surface area contributed by atoms with Gasteiger partial charge in [0.1, 0.15) is 0 Å². The molecule has 19 heavy (non-hydrogen) atoms. The minimum absolute atomic E-state index is 0.134. The molecular weight excluding hydrogens is 259 g/mol. The zero-order valence-electron chi connectivity index (χ0n) is 10.1. The van der Waals surface area contributed by atoms with E-state index in [1.807, 2.05) is 0 Å². The Balaban J connectivity index is 3.14. The van der Waals surface area contributed by atoms with Crippen LogP contribution in [0.1, 0.15) is 24.5 Å². The highest BCUT2D eigenvalue weighted by Crippen LogP contribution is 2.35. The lowest BCUT2D eigenvalue weighted by Gasteiger charge is -2.15. The van der Waals surface area contributed by atoms with Crippen LogP contribution in [0.15, 0.2) is 18.2 Å². The van der Waals surface area contributed by atoms with Gasteiger partial charge in [0, 0.05) is 0 Å². The zero-order chi connectivity index (χ0) is 14.6. The van der Waals surface area contributed by atoms with Crippen molar-refractivity contribution < 1.29 is 18.0 Å². The van der Waals surface area contributed by atoms with Crippen molar-refractivity contribution in [3.05, 3.63) is 29.3 Å². The summed E-state index contributed by atoms with van der Waals surface area (Å²) in [5, 5.41) is 10.7. The predicted molar refractivity (Wildman–Crippen MR) is 63.1 cm³/mol. The first kappa shape index (κ1) is 15.0. The van der Waals surface area contributed by atoms with Gasteiger partial charge in [0.05, 0.1) is 28.9 Å². The second-order valence-electron chi connectivity index (χ2n) is 3.87. The fourth-order valence-corrected chi connectivity index (χ4v) is 1.37. The molecular formula is C12H12F3N3O. The smallest absolute Gasteiger partial charge is 0.324 e. The first-order valence-corrected chi connectivity index (χ1v) is 5.47. The van der Waals surface area contributed by atoms with Crippen LogP contribution in [0.5, 0.6) is 0 Å². The van der Waals surface area contributed by atoms with Crippen LogP contribution in [-0.2, 0) is 11.0 Å². The van der Waals surface area contributed by atoms with Gasteiger partial charge in [0.15, 0.2) is 0 Å². The number of benzene rings is 1. The van der Waals surface area contributed by atoms with Crippen molar-refractivity contribution in [1.82, 2.24) is 0 Å². The van der Waals surface area contributed by atoms with Crippen molar-refractivity contribution in [1.29, 1.82) is 5.26 Å². The number of hydrogen-bond donors (Lipinski definition) is 2. The summed E-state index contributed by atoms with van der Waals surface area (Å²) in [4.78, 5) is 11.5. The molecule has 1 aromatic carbocycles. The second-order valence-corrected chi connectivity index (χ2v) is 3.87. The summed E-state index contributed by atoms with van der Waals surface area (Å²) in [6.07, 6.45) is -4.35. The molecule has 0 aliphatic carbocycles. The second kappa shape index (κ2) is 5.71. The van der Waals surface area contributed by atoms with Crippen LogP contribution in [0.3, 0.4) is 0 Å². The minimum Gasteiger partial charge on any atom is -0.324 e. The molecule has 7 heteroatoms. The van der Waals surface area contributed by atoms with E-state index in [-0.39, 0.29) is 5.56 Å². The standard InChI is InChI=1S/C12H12F3N3O/c1-2-9(17)11(19)18-10-4-3-7(6-16)5-8(10)12(13,14)15/h3-5,9H,2,17H2,1H3,(H,18,19)/t9-/m1/s1. The van der Waals surface area contributed by atoms with Gasteiger partial charge < -0.3 is 11.1 Å². The van der Waals surface area contributed by atoms with Gasteiger partial charge >= 0.3 is 6.18 Å². The lowest BCUT2D eigenvalue weighted by molar-refractivity contribution is -0.137. The van der Waals surface area contributed by atoms with Crippen molar-refractivity contribution >= 4 is 11.6 Å². The average molecular weight is 271 g/mol. The summed E-state index contributed by atoms with van der Waals surface area (Å²) in [6, 6.07) is 3.67. The molecule has 1 amide bonds. The van der Waals surface area contributed by atoms with E-state index in [4.69, 9.17) is 11.0 Å². The fourth-order valence-electron chi connectivity index (χ4n) is 1.37. The number of anilines is 1. The van der Waals surface area contributed by atoms with Crippen molar-refractivity contribution in [2.75, 3.05) is 5.32 Å². The molecule has 1 atom stereocenters. The largest absolute Gasteiger partial charge is 0.418 e. The zero-order valence-corrected chi connectivity index (χ0v) is 10.1. The maximum absolute atomic E-state index is 12.8. The van der Waals surface area contributed by atoms with Crippen LogP contribution in [0.25, 0.3) is 0 Å². The molecule has 0 spiro atoms. The van der Waals surface area contributed by atoms with E-state index in [9.17, 15) is 18.0 Å². The molecule has 0 aliphatic rings. The number of amides is 1. The summed E-state index contributed by atoms with van der Waals surface area (Å²) in [6.45, 7) is 1.65. The summed E-state index contributed by atoms with van der Waals surface area (Å²) >= 11 is 0. The van der Waals surface area contributed by atoms with Crippen LogP contribution in [0, 0.1) is 11.3 Å². The molecule has 0 aromatic heterocycles.